The van der Waals surface area contributed by atoms with Crippen molar-refractivity contribution in [1.82, 2.24) is 0 Å². The zero-order valence-electron chi connectivity index (χ0n) is 7.15. The second-order valence-electron chi connectivity index (χ2n) is 3.89. The molecule has 0 fully saturated rings. The van der Waals surface area contributed by atoms with E-state index in [-0.39, 0.29) is 0 Å². The highest BCUT2D eigenvalue weighted by molar-refractivity contribution is 6.83. The smallest absolute Gasteiger partial charge is 0.0771 e. The monoisotopic (exact) mass is 152 g/mol. The number of hydrogen-bond donors (Lipinski definition) is 0. The lowest BCUT2D eigenvalue weighted by atomic mass is 10.2. The van der Waals surface area contributed by atoms with E-state index in [1.807, 2.05) is 0 Å². The van der Waals surface area contributed by atoms with Crippen LogP contribution in [0.2, 0.25) is 19.6 Å². The van der Waals surface area contributed by atoms with Gasteiger partial charge in [0.2, 0.25) is 0 Å². The summed E-state index contributed by atoms with van der Waals surface area (Å²) in [4.78, 5) is 0. The lowest BCUT2D eigenvalue weighted by Gasteiger charge is -2.19. The third-order valence-electron chi connectivity index (χ3n) is 1.86. The van der Waals surface area contributed by atoms with Gasteiger partial charge in [-0.2, -0.15) is 0 Å². The molecule has 0 radical (unpaired) electrons. The van der Waals surface area contributed by atoms with Crippen LogP contribution in [0.4, 0.5) is 0 Å². The van der Waals surface area contributed by atoms with Crippen molar-refractivity contribution in [2.45, 2.75) is 32.5 Å². The summed E-state index contributed by atoms with van der Waals surface area (Å²) in [5, 5.41) is 1.62. The van der Waals surface area contributed by atoms with E-state index in [4.69, 9.17) is 0 Å². The molecule has 1 heteroatoms. The van der Waals surface area contributed by atoms with Gasteiger partial charge in [-0.3, -0.25) is 0 Å². The SMILES string of the molecule is C[Si](C)(C)C1=CCCC=C1. The summed E-state index contributed by atoms with van der Waals surface area (Å²) in [5.41, 5.74) is 0. The van der Waals surface area contributed by atoms with Crippen LogP contribution < -0.4 is 0 Å². The Labute approximate surface area is 64.7 Å². The van der Waals surface area contributed by atoms with Crippen LogP contribution in [-0.2, 0) is 0 Å². The van der Waals surface area contributed by atoms with E-state index in [9.17, 15) is 0 Å². The second kappa shape index (κ2) is 2.75. The molecule has 0 atom stereocenters. The maximum Gasteiger partial charge on any atom is 0.0771 e. The van der Waals surface area contributed by atoms with Gasteiger partial charge in [-0.25, -0.2) is 0 Å². The van der Waals surface area contributed by atoms with Crippen LogP contribution in [0.15, 0.2) is 23.4 Å². The molecular formula is C9H16Si. The predicted molar refractivity (Wildman–Crippen MR) is 49.8 cm³/mol. The number of rotatable bonds is 1. The lowest BCUT2D eigenvalue weighted by molar-refractivity contribution is 1.03. The van der Waals surface area contributed by atoms with Gasteiger partial charge >= 0.3 is 0 Å². The van der Waals surface area contributed by atoms with Gasteiger partial charge in [0, 0.05) is 0 Å². The Hall–Kier alpha value is -0.303. The molecule has 0 aromatic carbocycles. The molecule has 0 bridgehead atoms. The van der Waals surface area contributed by atoms with Gasteiger partial charge in [0.25, 0.3) is 0 Å². The molecule has 0 nitrogen and oxygen atoms in total. The molecule has 0 aromatic heterocycles. The van der Waals surface area contributed by atoms with Crippen molar-refractivity contribution in [2.24, 2.45) is 0 Å². The van der Waals surface area contributed by atoms with Crippen molar-refractivity contribution in [2.75, 3.05) is 0 Å². The summed E-state index contributed by atoms with van der Waals surface area (Å²) >= 11 is 0. The first-order valence-corrected chi connectivity index (χ1v) is 7.48. The number of hydrogen-bond acceptors (Lipinski definition) is 0. The van der Waals surface area contributed by atoms with E-state index < -0.39 is 8.07 Å². The van der Waals surface area contributed by atoms with E-state index in [2.05, 4.69) is 37.9 Å². The molecule has 10 heavy (non-hydrogen) atoms. The first-order valence-electron chi connectivity index (χ1n) is 3.98. The molecule has 0 amide bonds. The fourth-order valence-electron chi connectivity index (χ4n) is 1.17. The third-order valence-corrected chi connectivity index (χ3v) is 3.96. The third kappa shape index (κ3) is 1.84. The maximum atomic E-state index is 2.41. The van der Waals surface area contributed by atoms with Crippen molar-refractivity contribution in [1.29, 1.82) is 0 Å². The van der Waals surface area contributed by atoms with Crippen molar-refractivity contribution in [3.8, 4) is 0 Å². The van der Waals surface area contributed by atoms with Crippen molar-refractivity contribution in [3.63, 3.8) is 0 Å². The van der Waals surface area contributed by atoms with Crippen LogP contribution in [0.5, 0.6) is 0 Å². The number of allylic oxidation sites excluding steroid dienone is 4. The minimum Gasteiger partial charge on any atom is -0.0850 e. The average Bonchev–Trinajstić information content (AvgIpc) is 1.88. The normalized spacial score (nSPS) is 18.9. The molecule has 0 aliphatic heterocycles. The van der Waals surface area contributed by atoms with Crippen molar-refractivity contribution >= 4 is 8.07 Å². The highest BCUT2D eigenvalue weighted by Gasteiger charge is 2.17. The van der Waals surface area contributed by atoms with Crippen LogP contribution in [0.1, 0.15) is 12.8 Å². The highest BCUT2D eigenvalue weighted by atomic mass is 28.3. The van der Waals surface area contributed by atoms with E-state index in [0.29, 0.717) is 0 Å². The van der Waals surface area contributed by atoms with E-state index in [1.54, 1.807) is 5.20 Å². The van der Waals surface area contributed by atoms with Crippen LogP contribution in [-0.4, -0.2) is 8.07 Å². The van der Waals surface area contributed by atoms with Crippen LogP contribution >= 0.6 is 0 Å². The zero-order valence-corrected chi connectivity index (χ0v) is 8.15. The Morgan fingerprint density at radius 2 is 1.90 bits per heavy atom. The Kier molecular flexibility index (Phi) is 2.14. The molecule has 0 aromatic rings. The van der Waals surface area contributed by atoms with Gasteiger partial charge in [-0.05, 0) is 12.8 Å². The fraction of sp³-hybridized carbons (Fsp3) is 0.556. The summed E-state index contributed by atoms with van der Waals surface area (Å²) in [6, 6.07) is 0. The molecule has 1 aliphatic carbocycles. The quantitative estimate of drug-likeness (QED) is 0.506. The molecule has 1 aliphatic rings. The standard InChI is InChI=1S/C9H16Si/c1-10(2,3)9-7-5-4-6-8-9/h5,7-8H,4,6H2,1-3H3. The van der Waals surface area contributed by atoms with Gasteiger partial charge in [-0.1, -0.05) is 43.1 Å². The van der Waals surface area contributed by atoms with Gasteiger partial charge < -0.3 is 0 Å². The van der Waals surface area contributed by atoms with Crippen LogP contribution in [0.3, 0.4) is 0 Å². The van der Waals surface area contributed by atoms with Crippen molar-refractivity contribution in [3.05, 3.63) is 23.4 Å². The Bertz CT molecular complexity index is 170. The van der Waals surface area contributed by atoms with Crippen LogP contribution in [0, 0.1) is 0 Å². The molecule has 0 heterocycles. The van der Waals surface area contributed by atoms with Crippen molar-refractivity contribution < 1.29 is 0 Å². The Morgan fingerprint density at radius 3 is 2.20 bits per heavy atom. The minimum absolute atomic E-state index is 0.982. The maximum absolute atomic E-state index is 2.41. The van der Waals surface area contributed by atoms with Gasteiger partial charge in [0.15, 0.2) is 0 Å². The Morgan fingerprint density at radius 1 is 1.20 bits per heavy atom. The van der Waals surface area contributed by atoms with E-state index in [1.165, 1.54) is 12.8 Å². The molecule has 0 saturated carbocycles. The molecule has 1 rings (SSSR count). The first-order chi connectivity index (χ1) is 4.61. The molecule has 0 unspecified atom stereocenters. The minimum atomic E-state index is -0.982. The molecule has 56 valence electrons. The van der Waals surface area contributed by atoms with Crippen LogP contribution in [0.25, 0.3) is 0 Å². The Balaban J connectivity index is 2.73. The second-order valence-corrected chi connectivity index (χ2v) is 8.97. The lowest BCUT2D eigenvalue weighted by Crippen LogP contribution is -2.23. The average molecular weight is 152 g/mol. The summed E-state index contributed by atoms with van der Waals surface area (Å²) in [5.74, 6) is 0. The van der Waals surface area contributed by atoms with Gasteiger partial charge in [0.1, 0.15) is 0 Å². The highest BCUT2D eigenvalue weighted by Crippen LogP contribution is 2.20. The molecule has 0 N–H and O–H groups in total. The molecule has 0 saturated heterocycles. The summed E-state index contributed by atoms with van der Waals surface area (Å²) in [6.45, 7) is 7.19. The topological polar surface area (TPSA) is 0 Å². The van der Waals surface area contributed by atoms with E-state index >= 15 is 0 Å². The summed E-state index contributed by atoms with van der Waals surface area (Å²) < 4.78 is 0. The van der Waals surface area contributed by atoms with Gasteiger partial charge in [-0.15, -0.1) is 0 Å². The fourth-order valence-corrected chi connectivity index (χ4v) is 2.54. The largest absolute Gasteiger partial charge is 0.0850 e. The summed E-state index contributed by atoms with van der Waals surface area (Å²) in [6.07, 6.45) is 9.53. The predicted octanol–water partition coefficient (Wildman–Crippen LogP) is 3.14. The zero-order chi connectivity index (χ0) is 7.61. The molecular weight excluding hydrogens is 136 g/mol. The van der Waals surface area contributed by atoms with Gasteiger partial charge in [0.05, 0.1) is 8.07 Å². The summed E-state index contributed by atoms with van der Waals surface area (Å²) in [7, 11) is -0.982. The van der Waals surface area contributed by atoms with E-state index in [0.717, 1.165) is 0 Å². The first kappa shape index (κ1) is 7.80. The molecule has 0 spiro atoms.